The SMILES string of the molecule is CNc1ncnc2c1ncn2[C@H]1C[C@@H](NC(=O)c2ccc(OCCN)cc2)[C@@H](O)[C@H]1O. The Morgan fingerprint density at radius 2 is 2.00 bits per heavy atom. The predicted molar refractivity (Wildman–Crippen MR) is 113 cm³/mol. The van der Waals surface area contributed by atoms with E-state index >= 15 is 0 Å². The fraction of sp³-hybridized carbons (Fsp3) is 0.400. The summed E-state index contributed by atoms with van der Waals surface area (Å²) < 4.78 is 7.12. The summed E-state index contributed by atoms with van der Waals surface area (Å²) >= 11 is 0. The van der Waals surface area contributed by atoms with Gasteiger partial charge in [-0.25, -0.2) is 15.0 Å². The second-order valence-electron chi connectivity index (χ2n) is 7.32. The zero-order valence-corrected chi connectivity index (χ0v) is 17.0. The van der Waals surface area contributed by atoms with Crippen molar-refractivity contribution in [3.05, 3.63) is 42.5 Å². The van der Waals surface area contributed by atoms with E-state index in [4.69, 9.17) is 10.5 Å². The van der Waals surface area contributed by atoms with Gasteiger partial charge in [0.15, 0.2) is 11.5 Å². The minimum absolute atomic E-state index is 0.316. The second-order valence-corrected chi connectivity index (χ2v) is 7.32. The highest BCUT2D eigenvalue weighted by Gasteiger charge is 2.43. The number of hydrogen-bond donors (Lipinski definition) is 5. The monoisotopic (exact) mass is 427 g/mol. The molecule has 11 heteroatoms. The minimum Gasteiger partial charge on any atom is -0.492 e. The Morgan fingerprint density at radius 3 is 2.71 bits per heavy atom. The molecular weight excluding hydrogens is 402 g/mol. The van der Waals surface area contributed by atoms with Crippen LogP contribution in [0.5, 0.6) is 5.75 Å². The van der Waals surface area contributed by atoms with E-state index in [1.807, 2.05) is 0 Å². The number of rotatable bonds is 7. The molecule has 0 unspecified atom stereocenters. The standard InChI is InChI=1S/C20H25N7O4/c1-22-18-15-19(24-9-23-18)27(10-25-15)14-8-13(16(28)17(14)29)26-20(30)11-2-4-12(5-3-11)31-7-6-21/h2-5,9-10,13-14,16-17,28-29H,6-8,21H2,1H3,(H,26,30)(H,22,23,24)/t13-,14+,16-,17+/m1/s1. The number of aliphatic hydroxyl groups is 2. The number of carbonyl (C=O) groups is 1. The normalized spacial score (nSPS) is 23.1. The third-order valence-electron chi connectivity index (χ3n) is 5.42. The van der Waals surface area contributed by atoms with Crippen molar-refractivity contribution in [3.63, 3.8) is 0 Å². The van der Waals surface area contributed by atoms with E-state index < -0.39 is 24.3 Å². The van der Waals surface area contributed by atoms with E-state index in [9.17, 15) is 15.0 Å². The van der Waals surface area contributed by atoms with Gasteiger partial charge in [-0.3, -0.25) is 4.79 Å². The fourth-order valence-electron chi connectivity index (χ4n) is 3.84. The average molecular weight is 427 g/mol. The number of fused-ring (bicyclic) bond motifs is 1. The van der Waals surface area contributed by atoms with Crippen molar-refractivity contribution < 1.29 is 19.7 Å². The van der Waals surface area contributed by atoms with Crippen LogP contribution < -0.4 is 21.1 Å². The molecule has 4 rings (SSSR count). The maximum absolute atomic E-state index is 12.7. The lowest BCUT2D eigenvalue weighted by molar-refractivity contribution is 0.0143. The Bertz CT molecular complexity index is 1060. The van der Waals surface area contributed by atoms with Gasteiger partial charge in [0.2, 0.25) is 0 Å². The van der Waals surface area contributed by atoms with Gasteiger partial charge in [-0.2, -0.15) is 0 Å². The molecule has 0 saturated heterocycles. The van der Waals surface area contributed by atoms with Crippen LogP contribution in [0.1, 0.15) is 22.8 Å². The van der Waals surface area contributed by atoms with Gasteiger partial charge in [0, 0.05) is 19.2 Å². The number of nitrogens with zero attached hydrogens (tertiary/aromatic N) is 4. The number of ether oxygens (including phenoxy) is 1. The van der Waals surface area contributed by atoms with Gasteiger partial charge < -0.3 is 35.9 Å². The number of anilines is 1. The summed E-state index contributed by atoms with van der Waals surface area (Å²) in [5.74, 6) is 0.839. The molecule has 2 heterocycles. The first-order chi connectivity index (χ1) is 15.0. The van der Waals surface area contributed by atoms with Crippen molar-refractivity contribution in [3.8, 4) is 5.75 Å². The van der Waals surface area contributed by atoms with Gasteiger partial charge in [-0.15, -0.1) is 0 Å². The van der Waals surface area contributed by atoms with E-state index in [0.29, 0.717) is 47.9 Å². The second kappa shape index (κ2) is 8.84. The molecule has 1 saturated carbocycles. The van der Waals surface area contributed by atoms with Crippen LogP contribution in [-0.2, 0) is 0 Å². The van der Waals surface area contributed by atoms with Gasteiger partial charge in [0.25, 0.3) is 5.91 Å². The number of nitrogens with one attached hydrogen (secondary N) is 2. The van der Waals surface area contributed by atoms with Gasteiger partial charge >= 0.3 is 0 Å². The van der Waals surface area contributed by atoms with Gasteiger partial charge in [0.05, 0.1) is 18.4 Å². The molecule has 164 valence electrons. The molecular formula is C20H25N7O4. The Labute approximate surface area is 178 Å². The number of carbonyl (C=O) groups excluding carboxylic acids is 1. The van der Waals surface area contributed by atoms with Crippen LogP contribution in [0.25, 0.3) is 11.2 Å². The van der Waals surface area contributed by atoms with Crippen molar-refractivity contribution in [1.29, 1.82) is 0 Å². The summed E-state index contributed by atoms with van der Waals surface area (Å²) in [6.45, 7) is 0.794. The highest BCUT2D eigenvalue weighted by atomic mass is 16.5. The third-order valence-corrected chi connectivity index (χ3v) is 5.42. The molecule has 1 amide bonds. The molecule has 11 nitrogen and oxygen atoms in total. The first kappa shape index (κ1) is 21.0. The maximum Gasteiger partial charge on any atom is 0.251 e. The molecule has 2 aromatic heterocycles. The summed E-state index contributed by atoms with van der Waals surface area (Å²) in [6.07, 6.45) is 1.05. The average Bonchev–Trinajstić information content (AvgIpc) is 3.34. The largest absolute Gasteiger partial charge is 0.492 e. The molecule has 1 aromatic carbocycles. The summed E-state index contributed by atoms with van der Waals surface area (Å²) in [5, 5.41) is 27.0. The lowest BCUT2D eigenvalue weighted by Gasteiger charge is -2.18. The molecule has 0 radical (unpaired) electrons. The van der Waals surface area contributed by atoms with Crippen molar-refractivity contribution >= 4 is 22.9 Å². The van der Waals surface area contributed by atoms with Crippen molar-refractivity contribution in [2.75, 3.05) is 25.5 Å². The zero-order valence-electron chi connectivity index (χ0n) is 17.0. The topological polar surface area (TPSA) is 160 Å². The number of aromatic nitrogens is 4. The lowest BCUT2D eigenvalue weighted by atomic mass is 10.1. The molecule has 0 bridgehead atoms. The van der Waals surface area contributed by atoms with Crippen LogP contribution in [0, 0.1) is 0 Å². The molecule has 0 spiro atoms. The van der Waals surface area contributed by atoms with E-state index in [-0.39, 0.29) is 5.91 Å². The van der Waals surface area contributed by atoms with E-state index in [1.165, 1.54) is 6.33 Å². The number of hydrogen-bond acceptors (Lipinski definition) is 9. The van der Waals surface area contributed by atoms with Crippen LogP contribution in [0.15, 0.2) is 36.9 Å². The maximum atomic E-state index is 12.7. The molecule has 1 aliphatic rings. The summed E-state index contributed by atoms with van der Waals surface area (Å²) in [4.78, 5) is 25.4. The summed E-state index contributed by atoms with van der Waals surface area (Å²) in [5.41, 5.74) is 6.94. The zero-order chi connectivity index (χ0) is 22.0. The number of amides is 1. The third kappa shape index (κ3) is 4.02. The Balaban J connectivity index is 1.48. The number of benzene rings is 1. The number of aliphatic hydroxyl groups excluding tert-OH is 2. The first-order valence-corrected chi connectivity index (χ1v) is 9.98. The molecule has 1 fully saturated rings. The Hall–Kier alpha value is -3.28. The highest BCUT2D eigenvalue weighted by molar-refractivity contribution is 5.94. The van der Waals surface area contributed by atoms with Gasteiger partial charge in [-0.1, -0.05) is 0 Å². The first-order valence-electron chi connectivity index (χ1n) is 9.98. The van der Waals surface area contributed by atoms with Crippen LogP contribution in [0.3, 0.4) is 0 Å². The quantitative estimate of drug-likeness (QED) is 0.340. The van der Waals surface area contributed by atoms with Crippen LogP contribution in [0.2, 0.25) is 0 Å². The molecule has 6 N–H and O–H groups in total. The molecule has 3 aromatic rings. The Kier molecular flexibility index (Phi) is 5.98. The number of imidazole rings is 1. The van der Waals surface area contributed by atoms with Crippen molar-refractivity contribution in [2.24, 2.45) is 5.73 Å². The van der Waals surface area contributed by atoms with Gasteiger partial charge in [-0.05, 0) is 30.7 Å². The molecule has 31 heavy (non-hydrogen) atoms. The van der Waals surface area contributed by atoms with Gasteiger partial charge in [0.1, 0.15) is 36.4 Å². The molecule has 0 aliphatic heterocycles. The van der Waals surface area contributed by atoms with Crippen molar-refractivity contribution in [1.82, 2.24) is 24.8 Å². The highest BCUT2D eigenvalue weighted by Crippen LogP contribution is 2.33. The van der Waals surface area contributed by atoms with E-state index in [1.54, 1.807) is 42.2 Å². The van der Waals surface area contributed by atoms with Crippen LogP contribution in [0.4, 0.5) is 5.82 Å². The smallest absolute Gasteiger partial charge is 0.251 e. The number of nitrogens with two attached hydrogens (primary N) is 1. The van der Waals surface area contributed by atoms with E-state index in [2.05, 4.69) is 25.6 Å². The van der Waals surface area contributed by atoms with E-state index in [0.717, 1.165) is 0 Å². The minimum atomic E-state index is -1.14. The van der Waals surface area contributed by atoms with Crippen molar-refractivity contribution in [2.45, 2.75) is 30.7 Å². The molecule has 1 aliphatic carbocycles. The summed E-state index contributed by atoms with van der Waals surface area (Å²) in [6, 6.07) is 5.50. The van der Waals surface area contributed by atoms with Crippen LogP contribution in [-0.4, -0.2) is 74.1 Å². The summed E-state index contributed by atoms with van der Waals surface area (Å²) in [7, 11) is 1.73. The predicted octanol–water partition coefficient (Wildman–Crippen LogP) is -0.329. The Morgan fingerprint density at radius 1 is 1.23 bits per heavy atom. The molecule has 4 atom stereocenters. The van der Waals surface area contributed by atoms with Crippen LogP contribution >= 0.6 is 0 Å². The fourth-order valence-corrected chi connectivity index (χ4v) is 3.84. The lowest BCUT2D eigenvalue weighted by Crippen LogP contribution is -2.43.